The molecule has 1 aromatic heterocycles. The Morgan fingerprint density at radius 2 is 1.64 bits per heavy atom. The maximum absolute atomic E-state index is 12.4. The largest absolute Gasteiger partial charge is 0.349 e. The summed E-state index contributed by atoms with van der Waals surface area (Å²) in [4.78, 5) is 28.7. The highest BCUT2D eigenvalue weighted by atomic mass is 16.2. The molecule has 2 amide bonds. The summed E-state index contributed by atoms with van der Waals surface area (Å²) in [5, 5.41) is 6.74. The molecule has 1 fully saturated rings. The van der Waals surface area contributed by atoms with E-state index in [0.717, 1.165) is 23.7 Å². The number of aromatic nitrogens is 1. The number of para-hydroxylation sites is 1. The molecule has 3 aromatic rings. The van der Waals surface area contributed by atoms with Crippen LogP contribution in [0.4, 0.5) is 5.69 Å². The Balaban J connectivity index is 1.46. The van der Waals surface area contributed by atoms with E-state index in [0.29, 0.717) is 23.0 Å². The summed E-state index contributed by atoms with van der Waals surface area (Å²) in [6.07, 6.45) is 2.11. The van der Waals surface area contributed by atoms with Gasteiger partial charge in [-0.1, -0.05) is 24.3 Å². The zero-order valence-corrected chi connectivity index (χ0v) is 13.5. The molecule has 0 spiro atoms. The molecule has 2 aromatic carbocycles. The molecule has 0 unspecified atom stereocenters. The van der Waals surface area contributed by atoms with Crippen LogP contribution in [0.1, 0.15) is 33.7 Å². The van der Waals surface area contributed by atoms with Crippen molar-refractivity contribution in [2.45, 2.75) is 18.9 Å². The van der Waals surface area contributed by atoms with Gasteiger partial charge in [0.15, 0.2) is 0 Å². The van der Waals surface area contributed by atoms with Gasteiger partial charge in [0.2, 0.25) is 0 Å². The summed E-state index contributed by atoms with van der Waals surface area (Å²) in [5.74, 6) is -0.350. The number of nitrogens with one attached hydrogen (secondary N) is 2. The van der Waals surface area contributed by atoms with Gasteiger partial charge in [-0.3, -0.25) is 9.59 Å². The van der Waals surface area contributed by atoms with Crippen molar-refractivity contribution < 1.29 is 9.59 Å². The van der Waals surface area contributed by atoms with Gasteiger partial charge in [-0.15, -0.1) is 0 Å². The minimum atomic E-state index is -0.277. The summed E-state index contributed by atoms with van der Waals surface area (Å²) in [6, 6.07) is 18.4. The normalized spacial score (nSPS) is 13.4. The third-order valence-electron chi connectivity index (χ3n) is 4.15. The number of hydrogen-bond acceptors (Lipinski definition) is 3. The Kier molecular flexibility index (Phi) is 3.90. The standard InChI is InChI=1S/C20H17N3O2/c24-19(21-16-10-11-16)14-5-8-15(9-6-14)22-20(25)18-12-7-13-3-1-2-4-17(13)23-18/h1-9,12,16H,10-11H2,(H,21,24)(H,22,25). The lowest BCUT2D eigenvalue weighted by Gasteiger charge is -2.07. The summed E-state index contributed by atoms with van der Waals surface area (Å²) in [6.45, 7) is 0. The number of carbonyl (C=O) groups is 2. The van der Waals surface area contributed by atoms with Gasteiger partial charge < -0.3 is 10.6 Å². The Morgan fingerprint density at radius 3 is 2.40 bits per heavy atom. The van der Waals surface area contributed by atoms with Crippen LogP contribution < -0.4 is 10.6 Å². The van der Waals surface area contributed by atoms with Crippen LogP contribution in [0.15, 0.2) is 60.7 Å². The van der Waals surface area contributed by atoms with Crippen LogP contribution in [0.5, 0.6) is 0 Å². The molecular formula is C20H17N3O2. The van der Waals surface area contributed by atoms with E-state index in [9.17, 15) is 9.59 Å². The molecule has 1 aliphatic rings. The van der Waals surface area contributed by atoms with Gasteiger partial charge in [-0.25, -0.2) is 4.98 Å². The number of benzene rings is 2. The number of pyridine rings is 1. The third kappa shape index (κ3) is 3.50. The lowest BCUT2D eigenvalue weighted by Crippen LogP contribution is -2.25. The SMILES string of the molecule is O=C(NC1CC1)c1ccc(NC(=O)c2ccc3ccccc3n2)cc1. The zero-order chi connectivity index (χ0) is 17.2. The van der Waals surface area contributed by atoms with Gasteiger partial charge in [0, 0.05) is 22.7 Å². The van der Waals surface area contributed by atoms with Crippen molar-refractivity contribution in [2.75, 3.05) is 5.32 Å². The van der Waals surface area contributed by atoms with Crippen LogP contribution in [-0.4, -0.2) is 22.8 Å². The molecule has 1 aliphatic carbocycles. The topological polar surface area (TPSA) is 71.1 Å². The van der Waals surface area contributed by atoms with Crippen molar-refractivity contribution in [3.05, 3.63) is 71.9 Å². The average molecular weight is 331 g/mol. The first kappa shape index (κ1) is 15.3. The maximum Gasteiger partial charge on any atom is 0.274 e. The first-order valence-electron chi connectivity index (χ1n) is 8.27. The molecule has 4 rings (SSSR count). The van der Waals surface area contributed by atoms with Crippen LogP contribution in [0, 0.1) is 0 Å². The van der Waals surface area contributed by atoms with Crippen molar-refractivity contribution in [3.63, 3.8) is 0 Å². The highest BCUT2D eigenvalue weighted by Crippen LogP contribution is 2.20. The first-order valence-corrected chi connectivity index (χ1v) is 8.27. The van der Waals surface area contributed by atoms with Crippen molar-refractivity contribution in [2.24, 2.45) is 0 Å². The van der Waals surface area contributed by atoms with Crippen LogP contribution in [0.2, 0.25) is 0 Å². The molecule has 2 N–H and O–H groups in total. The third-order valence-corrected chi connectivity index (χ3v) is 4.15. The predicted octanol–water partition coefficient (Wildman–Crippen LogP) is 3.38. The Labute approximate surface area is 145 Å². The monoisotopic (exact) mass is 331 g/mol. The van der Waals surface area contributed by atoms with Crippen molar-refractivity contribution in [1.29, 1.82) is 0 Å². The van der Waals surface area contributed by atoms with Crippen LogP contribution >= 0.6 is 0 Å². The first-order chi connectivity index (χ1) is 12.2. The smallest absolute Gasteiger partial charge is 0.274 e. The molecule has 1 saturated carbocycles. The number of nitrogens with zero attached hydrogens (tertiary/aromatic N) is 1. The van der Waals surface area contributed by atoms with Gasteiger partial charge in [-0.05, 0) is 49.2 Å². The fourth-order valence-corrected chi connectivity index (χ4v) is 2.59. The lowest BCUT2D eigenvalue weighted by atomic mass is 10.2. The Hall–Kier alpha value is -3.21. The molecule has 0 aliphatic heterocycles. The molecule has 0 saturated heterocycles. The molecule has 5 heteroatoms. The highest BCUT2D eigenvalue weighted by molar-refractivity contribution is 6.04. The van der Waals surface area contributed by atoms with Gasteiger partial charge in [0.25, 0.3) is 11.8 Å². The number of amides is 2. The van der Waals surface area contributed by atoms with Gasteiger partial charge in [0.05, 0.1) is 5.52 Å². The van der Waals surface area contributed by atoms with Crippen molar-refractivity contribution >= 4 is 28.4 Å². The minimum absolute atomic E-state index is 0.0726. The van der Waals surface area contributed by atoms with E-state index in [1.165, 1.54) is 0 Å². The molecule has 0 radical (unpaired) electrons. The van der Waals surface area contributed by atoms with Gasteiger partial charge >= 0.3 is 0 Å². The van der Waals surface area contributed by atoms with E-state index in [1.807, 2.05) is 30.3 Å². The Morgan fingerprint density at radius 1 is 0.880 bits per heavy atom. The average Bonchev–Trinajstić information content (AvgIpc) is 3.46. The molecule has 5 nitrogen and oxygen atoms in total. The summed E-state index contributed by atoms with van der Waals surface area (Å²) in [5.41, 5.74) is 2.35. The fraction of sp³-hybridized carbons (Fsp3) is 0.150. The van der Waals surface area contributed by atoms with Crippen LogP contribution in [0.3, 0.4) is 0 Å². The highest BCUT2D eigenvalue weighted by Gasteiger charge is 2.23. The van der Waals surface area contributed by atoms with E-state index >= 15 is 0 Å². The fourth-order valence-electron chi connectivity index (χ4n) is 2.59. The van der Waals surface area contributed by atoms with Crippen molar-refractivity contribution in [3.8, 4) is 0 Å². The second-order valence-corrected chi connectivity index (χ2v) is 6.17. The van der Waals surface area contributed by atoms with Crippen molar-refractivity contribution in [1.82, 2.24) is 10.3 Å². The summed E-state index contributed by atoms with van der Waals surface area (Å²) in [7, 11) is 0. The number of rotatable bonds is 4. The van der Waals surface area contributed by atoms with Crippen LogP contribution in [0.25, 0.3) is 10.9 Å². The Bertz CT molecular complexity index is 947. The van der Waals surface area contributed by atoms with E-state index in [2.05, 4.69) is 15.6 Å². The zero-order valence-electron chi connectivity index (χ0n) is 13.5. The lowest BCUT2D eigenvalue weighted by molar-refractivity contribution is 0.0950. The van der Waals surface area contributed by atoms with Gasteiger partial charge in [-0.2, -0.15) is 0 Å². The number of carbonyl (C=O) groups excluding carboxylic acids is 2. The molecule has 0 bridgehead atoms. The molecule has 124 valence electrons. The van der Waals surface area contributed by atoms with E-state index in [-0.39, 0.29) is 11.8 Å². The molecule has 0 atom stereocenters. The predicted molar refractivity (Wildman–Crippen MR) is 96.6 cm³/mol. The maximum atomic E-state index is 12.4. The number of anilines is 1. The van der Waals surface area contributed by atoms with E-state index in [4.69, 9.17) is 0 Å². The van der Waals surface area contributed by atoms with Gasteiger partial charge in [0.1, 0.15) is 5.69 Å². The second-order valence-electron chi connectivity index (χ2n) is 6.17. The van der Waals surface area contributed by atoms with E-state index in [1.54, 1.807) is 30.3 Å². The summed E-state index contributed by atoms with van der Waals surface area (Å²) >= 11 is 0. The molecular weight excluding hydrogens is 314 g/mol. The number of fused-ring (bicyclic) bond motifs is 1. The minimum Gasteiger partial charge on any atom is -0.349 e. The quantitative estimate of drug-likeness (QED) is 0.770. The number of hydrogen-bond donors (Lipinski definition) is 2. The molecule has 1 heterocycles. The summed E-state index contributed by atoms with van der Waals surface area (Å²) < 4.78 is 0. The molecule has 25 heavy (non-hydrogen) atoms. The van der Waals surface area contributed by atoms with E-state index < -0.39 is 0 Å². The van der Waals surface area contributed by atoms with Crippen LogP contribution in [-0.2, 0) is 0 Å². The second kappa shape index (κ2) is 6.36.